The number of nitrogens with zero attached hydrogens (tertiary/aromatic N) is 2. The Labute approximate surface area is 369 Å². The van der Waals surface area contributed by atoms with Crippen LogP contribution in [0.4, 0.5) is 28.4 Å². The monoisotopic (exact) mass is 804 g/mol. The van der Waals surface area contributed by atoms with E-state index in [1.54, 1.807) is 0 Å². The van der Waals surface area contributed by atoms with E-state index in [1.807, 2.05) is 0 Å². The van der Waals surface area contributed by atoms with Crippen LogP contribution in [0.5, 0.6) is 0 Å². The summed E-state index contributed by atoms with van der Waals surface area (Å²) in [5.41, 5.74) is 16.5. The van der Waals surface area contributed by atoms with Gasteiger partial charge in [0.05, 0.1) is 22.5 Å². The second-order valence-corrected chi connectivity index (χ2v) is 16.8. The van der Waals surface area contributed by atoms with E-state index in [0.717, 1.165) is 29.9 Å². The van der Waals surface area contributed by atoms with Gasteiger partial charge in [-0.15, -0.1) is 0 Å². The van der Waals surface area contributed by atoms with E-state index in [1.165, 1.54) is 83.1 Å². The van der Waals surface area contributed by atoms with Gasteiger partial charge in [-0.3, -0.25) is 0 Å². The smallest absolute Gasteiger partial charge is 0.0725 e. The Kier molecular flexibility index (Phi) is 8.90. The summed E-state index contributed by atoms with van der Waals surface area (Å²) in [5, 5.41) is 4.76. The molecule has 9 aromatic carbocycles. The summed E-state index contributed by atoms with van der Waals surface area (Å²) >= 11 is 0. The van der Waals surface area contributed by atoms with Crippen LogP contribution in [-0.2, 0) is 0 Å². The molecule has 2 bridgehead atoms. The predicted octanol–water partition coefficient (Wildman–Crippen LogP) is 16.6. The summed E-state index contributed by atoms with van der Waals surface area (Å²) in [7, 11) is 0. The Bertz CT molecular complexity index is 3200. The van der Waals surface area contributed by atoms with Crippen molar-refractivity contribution in [2.45, 2.75) is 12.8 Å². The molecule has 0 amide bonds. The second-order valence-electron chi connectivity index (χ2n) is 16.8. The fourth-order valence-corrected chi connectivity index (χ4v) is 10.5. The highest BCUT2D eigenvalue weighted by Crippen LogP contribution is 2.60. The zero-order valence-corrected chi connectivity index (χ0v) is 34.9. The minimum atomic E-state index is -0.463. The van der Waals surface area contributed by atoms with E-state index >= 15 is 0 Å². The van der Waals surface area contributed by atoms with E-state index in [2.05, 4.69) is 253 Å². The van der Waals surface area contributed by atoms with Gasteiger partial charge in [-0.05, 0) is 82.1 Å². The fourth-order valence-electron chi connectivity index (χ4n) is 10.5. The Morgan fingerprint density at radius 1 is 0.444 bits per heavy atom. The molecule has 0 aromatic heterocycles. The van der Waals surface area contributed by atoms with Crippen LogP contribution in [0.25, 0.3) is 54.9 Å². The average molecular weight is 805 g/mol. The van der Waals surface area contributed by atoms with Crippen LogP contribution >= 0.6 is 0 Å². The van der Waals surface area contributed by atoms with Crippen LogP contribution in [0.3, 0.4) is 0 Å². The van der Waals surface area contributed by atoms with Crippen LogP contribution < -0.4 is 9.80 Å². The molecular weight excluding hydrogens is 761 g/mol. The van der Waals surface area contributed by atoms with Gasteiger partial charge in [0, 0.05) is 44.2 Å². The molecule has 12 rings (SSSR count). The van der Waals surface area contributed by atoms with Crippen LogP contribution in [-0.4, -0.2) is 0 Å². The van der Waals surface area contributed by atoms with Crippen LogP contribution in [0, 0.1) is 5.41 Å². The zero-order valence-electron chi connectivity index (χ0n) is 34.9. The van der Waals surface area contributed by atoms with Gasteiger partial charge in [0.1, 0.15) is 0 Å². The molecule has 0 saturated carbocycles. The summed E-state index contributed by atoms with van der Waals surface area (Å²) in [6.45, 7) is 0. The molecule has 9 aromatic rings. The van der Waals surface area contributed by atoms with Crippen molar-refractivity contribution in [2.75, 3.05) is 9.80 Å². The molecule has 0 radical (unpaired) electrons. The van der Waals surface area contributed by atoms with E-state index in [9.17, 15) is 0 Å². The van der Waals surface area contributed by atoms with Crippen LogP contribution in [0.15, 0.2) is 248 Å². The van der Waals surface area contributed by atoms with Gasteiger partial charge in [-0.25, -0.2) is 0 Å². The normalized spacial score (nSPS) is 16.4. The van der Waals surface area contributed by atoms with Gasteiger partial charge in [-0.2, -0.15) is 0 Å². The molecule has 298 valence electrons. The minimum absolute atomic E-state index is 0.463. The van der Waals surface area contributed by atoms with Gasteiger partial charge in [-0.1, -0.05) is 212 Å². The average Bonchev–Trinajstić information content (AvgIpc) is 3.44. The van der Waals surface area contributed by atoms with E-state index in [0.29, 0.717) is 0 Å². The third-order valence-corrected chi connectivity index (χ3v) is 13.2. The van der Waals surface area contributed by atoms with Gasteiger partial charge in [0.25, 0.3) is 0 Å². The number of allylic oxidation sites excluding steroid dienone is 5. The summed E-state index contributed by atoms with van der Waals surface area (Å²) in [6.07, 6.45) is 14.1. The van der Waals surface area contributed by atoms with Crippen LogP contribution in [0.2, 0.25) is 0 Å². The third-order valence-electron chi connectivity index (χ3n) is 13.2. The van der Waals surface area contributed by atoms with Crippen molar-refractivity contribution < 1.29 is 0 Å². The Morgan fingerprint density at radius 3 is 1.56 bits per heavy atom. The number of anilines is 5. The zero-order chi connectivity index (χ0) is 41.7. The lowest BCUT2D eigenvalue weighted by Crippen LogP contribution is -2.33. The third kappa shape index (κ3) is 6.09. The molecule has 1 spiro atoms. The number of hydrogen-bond donors (Lipinski definition) is 0. The van der Waals surface area contributed by atoms with Crippen molar-refractivity contribution >= 4 is 61.1 Å². The SMILES string of the molecule is C1=CC23C=C(C1)c1ccccc1N(c1c4ccccc4c(N(c4cccc(-c5ccccc5)c4)c4cccc(-c5ccccc5)c4)c4ccccc14)C2=CCC=C3c1ccccc1. The molecule has 2 aliphatic carbocycles. The fraction of sp³-hybridized carbons (Fsp3) is 0.0492. The molecule has 0 fully saturated rings. The lowest BCUT2D eigenvalue weighted by molar-refractivity contribution is 0.730. The lowest BCUT2D eigenvalue weighted by Gasteiger charge is -2.43. The topological polar surface area (TPSA) is 6.48 Å². The number of hydrogen-bond acceptors (Lipinski definition) is 2. The maximum absolute atomic E-state index is 2.63. The van der Waals surface area contributed by atoms with Crippen molar-refractivity contribution in [2.24, 2.45) is 5.41 Å². The van der Waals surface area contributed by atoms with Gasteiger partial charge in [0.15, 0.2) is 0 Å². The Hall–Kier alpha value is -7.94. The quantitative estimate of drug-likeness (QED) is 0.117. The van der Waals surface area contributed by atoms with E-state index in [4.69, 9.17) is 0 Å². The van der Waals surface area contributed by atoms with Gasteiger partial charge >= 0.3 is 0 Å². The minimum Gasteiger partial charge on any atom is -0.311 e. The maximum atomic E-state index is 2.63. The molecule has 3 aliphatic rings. The number of fused-ring (bicyclic) bond motifs is 4. The second kappa shape index (κ2) is 15.2. The summed E-state index contributed by atoms with van der Waals surface area (Å²) < 4.78 is 0. The number of benzene rings is 9. The summed E-state index contributed by atoms with van der Waals surface area (Å²) in [5.74, 6) is 0. The largest absolute Gasteiger partial charge is 0.311 e. The highest BCUT2D eigenvalue weighted by Gasteiger charge is 2.44. The van der Waals surface area contributed by atoms with Crippen molar-refractivity contribution in [3.63, 3.8) is 0 Å². The molecule has 2 heteroatoms. The molecule has 0 saturated heterocycles. The summed E-state index contributed by atoms with van der Waals surface area (Å²) in [4.78, 5) is 5.13. The van der Waals surface area contributed by atoms with E-state index in [-0.39, 0.29) is 0 Å². The standard InChI is InChI=1S/C61H44N2/c1-4-20-43(21-5-1)46-26-16-29-49(40-46)62(50-30-17-27-47(41-50)44-22-6-2-7-23-44)59-52-32-10-12-34-54(52)60(55-35-13-11-33-53(55)59)63-57-37-15-14-31-51(57)48-28-19-39-61(42-48)56(36-18-38-58(61)63)45-24-8-3-9-25-45/h1-17,19-27,29-42H,18,28H2. The first-order valence-electron chi connectivity index (χ1n) is 22.1. The van der Waals surface area contributed by atoms with Crippen molar-refractivity contribution in [3.8, 4) is 22.3 Å². The Balaban J connectivity index is 1.15. The number of rotatable bonds is 7. The molecule has 0 N–H and O–H groups in total. The lowest BCUT2D eigenvalue weighted by atomic mass is 9.68. The molecule has 1 heterocycles. The molecule has 1 atom stereocenters. The molecule has 2 nitrogen and oxygen atoms in total. The highest BCUT2D eigenvalue weighted by atomic mass is 15.2. The molecule has 1 unspecified atom stereocenters. The van der Waals surface area contributed by atoms with E-state index < -0.39 is 5.41 Å². The maximum Gasteiger partial charge on any atom is 0.0725 e. The first kappa shape index (κ1) is 36.9. The Morgan fingerprint density at radius 2 is 0.952 bits per heavy atom. The molecule has 63 heavy (non-hydrogen) atoms. The first-order valence-corrected chi connectivity index (χ1v) is 22.1. The summed E-state index contributed by atoms with van der Waals surface area (Å²) in [6, 6.07) is 77.7. The molecule has 1 aliphatic heterocycles. The van der Waals surface area contributed by atoms with Crippen LogP contribution in [0.1, 0.15) is 24.0 Å². The van der Waals surface area contributed by atoms with Gasteiger partial charge in [0.2, 0.25) is 0 Å². The molecular formula is C61H44N2. The predicted molar refractivity (Wildman–Crippen MR) is 267 cm³/mol. The van der Waals surface area contributed by atoms with Crippen molar-refractivity contribution in [3.05, 3.63) is 260 Å². The van der Waals surface area contributed by atoms with Gasteiger partial charge < -0.3 is 9.80 Å². The highest BCUT2D eigenvalue weighted by molar-refractivity contribution is 6.23. The van der Waals surface area contributed by atoms with Crippen molar-refractivity contribution in [1.29, 1.82) is 0 Å². The number of para-hydroxylation sites is 1. The first-order chi connectivity index (χ1) is 31.2. The van der Waals surface area contributed by atoms with Crippen molar-refractivity contribution in [1.82, 2.24) is 0 Å².